The molecule has 10 heteroatoms. The molecule has 0 bridgehead atoms. The minimum Gasteiger partial charge on any atom is -0.335 e. The number of piperazine rings is 1. The van der Waals surface area contributed by atoms with E-state index in [4.69, 9.17) is 0 Å². The van der Waals surface area contributed by atoms with Crippen molar-refractivity contribution in [2.24, 2.45) is 0 Å². The molecule has 3 aromatic rings. The van der Waals surface area contributed by atoms with Gasteiger partial charge < -0.3 is 9.80 Å². The van der Waals surface area contributed by atoms with Crippen molar-refractivity contribution in [1.29, 1.82) is 0 Å². The second kappa shape index (κ2) is 9.18. The van der Waals surface area contributed by atoms with Gasteiger partial charge in [0.25, 0.3) is 11.8 Å². The molecule has 3 aromatic carbocycles. The average molecular weight is 525 g/mol. The molecule has 1 unspecified atom stereocenters. The number of carbonyl (C=O) groups excluding carboxylic acids is 2. The fourth-order valence-corrected chi connectivity index (χ4v) is 9.15. The molecule has 1 fully saturated rings. The first-order valence-corrected chi connectivity index (χ1v) is 14.7. The summed E-state index contributed by atoms with van der Waals surface area (Å²) in [7, 11) is -7.95. The van der Waals surface area contributed by atoms with Crippen molar-refractivity contribution in [3.63, 3.8) is 0 Å². The SMILES string of the molecule is O=C(c1ccccc1)N1CCN(C(=O)c2cccc3c2C(S(=O)(=O)c2ccccc2)CS3(=O)=O)CC1. The zero-order chi connectivity index (χ0) is 25.5. The topological polar surface area (TPSA) is 109 Å². The smallest absolute Gasteiger partial charge is 0.254 e. The molecule has 1 saturated heterocycles. The van der Waals surface area contributed by atoms with Crippen LogP contribution in [0.25, 0.3) is 0 Å². The molecule has 2 aliphatic rings. The van der Waals surface area contributed by atoms with E-state index in [9.17, 15) is 26.4 Å². The summed E-state index contributed by atoms with van der Waals surface area (Å²) in [6.45, 7) is 1.14. The summed E-state index contributed by atoms with van der Waals surface area (Å²) >= 11 is 0. The number of hydrogen-bond acceptors (Lipinski definition) is 6. The Kier molecular flexibility index (Phi) is 6.17. The summed E-state index contributed by atoms with van der Waals surface area (Å²) in [5.74, 6) is -1.17. The van der Waals surface area contributed by atoms with Gasteiger partial charge in [0.15, 0.2) is 19.7 Å². The maximum Gasteiger partial charge on any atom is 0.254 e. The lowest BCUT2D eigenvalue weighted by atomic mass is 10.0. The van der Waals surface area contributed by atoms with Gasteiger partial charge in [0.05, 0.1) is 15.5 Å². The Morgan fingerprint density at radius 2 is 1.28 bits per heavy atom. The lowest BCUT2D eigenvalue weighted by Gasteiger charge is -2.35. The molecule has 5 rings (SSSR count). The Labute approximate surface area is 210 Å². The number of hydrogen-bond donors (Lipinski definition) is 0. The fraction of sp³-hybridized carbons (Fsp3) is 0.231. The first-order valence-electron chi connectivity index (χ1n) is 11.5. The van der Waals surface area contributed by atoms with Gasteiger partial charge in [-0.15, -0.1) is 0 Å². The minimum atomic E-state index is -4.06. The van der Waals surface area contributed by atoms with E-state index in [0.29, 0.717) is 18.7 Å². The quantitative estimate of drug-likeness (QED) is 0.519. The van der Waals surface area contributed by atoms with Crippen LogP contribution in [-0.2, 0) is 19.7 Å². The highest BCUT2D eigenvalue weighted by Gasteiger charge is 2.45. The molecule has 0 saturated carbocycles. The van der Waals surface area contributed by atoms with E-state index < -0.39 is 36.6 Å². The van der Waals surface area contributed by atoms with Gasteiger partial charge >= 0.3 is 0 Å². The summed E-state index contributed by atoms with van der Waals surface area (Å²) < 4.78 is 52.7. The first-order chi connectivity index (χ1) is 17.2. The second-order valence-electron chi connectivity index (χ2n) is 8.80. The van der Waals surface area contributed by atoms with Crippen LogP contribution < -0.4 is 0 Å². The molecule has 0 spiro atoms. The first kappa shape index (κ1) is 24.2. The Morgan fingerprint density at radius 3 is 1.89 bits per heavy atom. The van der Waals surface area contributed by atoms with E-state index in [1.54, 1.807) is 52.3 Å². The molecule has 0 aliphatic carbocycles. The largest absolute Gasteiger partial charge is 0.335 e. The average Bonchev–Trinajstić information content (AvgIpc) is 3.20. The predicted molar refractivity (Wildman–Crippen MR) is 133 cm³/mol. The van der Waals surface area contributed by atoms with E-state index >= 15 is 0 Å². The number of amides is 2. The summed E-state index contributed by atoms with van der Waals surface area (Å²) in [5, 5.41) is -1.37. The standard InChI is InChI=1S/C26H24N2O6S2/c29-25(19-8-3-1-4-9-19)27-14-16-28(17-15-27)26(30)21-12-7-13-22-24(21)23(18-35(22,31)32)36(33,34)20-10-5-2-6-11-20/h1-13,23H,14-18H2. The van der Waals surface area contributed by atoms with E-state index in [1.807, 2.05) is 6.07 Å². The maximum atomic E-state index is 13.6. The second-order valence-corrected chi connectivity index (χ2v) is 12.9. The highest BCUT2D eigenvalue weighted by Crippen LogP contribution is 2.43. The molecular weight excluding hydrogens is 500 g/mol. The van der Waals surface area contributed by atoms with Crippen LogP contribution >= 0.6 is 0 Å². The highest BCUT2D eigenvalue weighted by molar-refractivity contribution is 7.96. The van der Waals surface area contributed by atoms with Crippen LogP contribution in [0.2, 0.25) is 0 Å². The highest BCUT2D eigenvalue weighted by atomic mass is 32.2. The monoisotopic (exact) mass is 524 g/mol. The molecule has 8 nitrogen and oxygen atoms in total. The third-order valence-electron chi connectivity index (χ3n) is 6.65. The van der Waals surface area contributed by atoms with Crippen LogP contribution in [0.5, 0.6) is 0 Å². The summed E-state index contributed by atoms with van der Waals surface area (Å²) in [4.78, 5) is 29.4. The van der Waals surface area contributed by atoms with Crippen LogP contribution in [0.3, 0.4) is 0 Å². The molecule has 2 heterocycles. The van der Waals surface area contributed by atoms with E-state index in [2.05, 4.69) is 0 Å². The van der Waals surface area contributed by atoms with Gasteiger partial charge in [-0.05, 0) is 36.4 Å². The molecule has 2 aliphatic heterocycles. The predicted octanol–water partition coefficient (Wildman–Crippen LogP) is 2.59. The van der Waals surface area contributed by atoms with Crippen molar-refractivity contribution in [2.75, 3.05) is 31.9 Å². The summed E-state index contributed by atoms with van der Waals surface area (Å²) in [6.07, 6.45) is 0. The normalized spacial score (nSPS) is 19.1. The number of sulfone groups is 2. The zero-order valence-electron chi connectivity index (χ0n) is 19.3. The molecular formula is C26H24N2O6S2. The van der Waals surface area contributed by atoms with Crippen molar-refractivity contribution in [1.82, 2.24) is 9.80 Å². The van der Waals surface area contributed by atoms with Gasteiger partial charge in [-0.1, -0.05) is 42.5 Å². The lowest BCUT2D eigenvalue weighted by molar-refractivity contribution is 0.0534. The van der Waals surface area contributed by atoms with Crippen molar-refractivity contribution >= 4 is 31.5 Å². The number of carbonyl (C=O) groups is 2. The third kappa shape index (κ3) is 4.20. The van der Waals surface area contributed by atoms with Crippen LogP contribution in [0, 0.1) is 0 Å². The Morgan fingerprint density at radius 1 is 0.722 bits per heavy atom. The number of nitrogens with zero attached hydrogens (tertiary/aromatic N) is 2. The molecule has 0 N–H and O–H groups in total. The third-order valence-corrected chi connectivity index (χ3v) is 10.7. The lowest BCUT2D eigenvalue weighted by Crippen LogP contribution is -2.50. The fourth-order valence-electron chi connectivity index (χ4n) is 4.77. The molecule has 0 aromatic heterocycles. The van der Waals surface area contributed by atoms with Crippen molar-refractivity contribution in [3.05, 3.63) is 95.6 Å². The van der Waals surface area contributed by atoms with Gasteiger partial charge in [0, 0.05) is 42.9 Å². The number of benzene rings is 3. The van der Waals surface area contributed by atoms with Gasteiger partial charge in [0.2, 0.25) is 0 Å². The van der Waals surface area contributed by atoms with Crippen LogP contribution in [0.4, 0.5) is 0 Å². The molecule has 2 amide bonds. The number of rotatable bonds is 4. The van der Waals surface area contributed by atoms with Crippen molar-refractivity contribution in [2.45, 2.75) is 15.0 Å². The number of fused-ring (bicyclic) bond motifs is 1. The summed E-state index contributed by atoms with van der Waals surface area (Å²) in [5.41, 5.74) is 0.674. The zero-order valence-corrected chi connectivity index (χ0v) is 20.9. The molecule has 186 valence electrons. The minimum absolute atomic E-state index is 0.00772. The maximum absolute atomic E-state index is 13.6. The van der Waals surface area contributed by atoms with Gasteiger partial charge in [0.1, 0.15) is 5.25 Å². The van der Waals surface area contributed by atoms with Crippen LogP contribution in [-0.4, -0.2) is 70.4 Å². The van der Waals surface area contributed by atoms with Crippen LogP contribution in [0.15, 0.2) is 88.7 Å². The van der Waals surface area contributed by atoms with Gasteiger partial charge in [-0.3, -0.25) is 9.59 Å². The molecule has 1 atom stereocenters. The van der Waals surface area contributed by atoms with Gasteiger partial charge in [-0.25, -0.2) is 16.8 Å². The van der Waals surface area contributed by atoms with Crippen molar-refractivity contribution in [3.8, 4) is 0 Å². The van der Waals surface area contributed by atoms with E-state index in [0.717, 1.165) is 0 Å². The van der Waals surface area contributed by atoms with Gasteiger partial charge in [-0.2, -0.15) is 0 Å². The summed E-state index contributed by atoms with van der Waals surface area (Å²) in [6, 6.07) is 20.9. The molecule has 0 radical (unpaired) electrons. The Balaban J connectivity index is 1.43. The van der Waals surface area contributed by atoms with E-state index in [1.165, 1.54) is 30.3 Å². The Hall–Kier alpha value is -3.50. The van der Waals surface area contributed by atoms with Crippen molar-refractivity contribution < 1.29 is 26.4 Å². The molecule has 36 heavy (non-hydrogen) atoms. The van der Waals surface area contributed by atoms with Crippen LogP contribution in [0.1, 0.15) is 31.5 Å². The Bertz CT molecular complexity index is 1530. The van der Waals surface area contributed by atoms with E-state index in [-0.39, 0.29) is 39.9 Å².